The van der Waals surface area contributed by atoms with Gasteiger partial charge in [-0.05, 0) is 12.3 Å². The number of hydrogen-bond acceptors (Lipinski definition) is 3. The van der Waals surface area contributed by atoms with Crippen molar-refractivity contribution in [3.63, 3.8) is 0 Å². The molecule has 0 aromatic heterocycles. The number of rotatable bonds is 7. The van der Waals surface area contributed by atoms with Crippen LogP contribution < -0.4 is 0 Å². The van der Waals surface area contributed by atoms with E-state index >= 15 is 0 Å². The first-order valence-electron chi connectivity index (χ1n) is 5.43. The maximum atomic E-state index is 11.7. The highest BCUT2D eigenvalue weighted by molar-refractivity contribution is 5.75. The van der Waals surface area contributed by atoms with E-state index in [1.165, 1.54) is 7.11 Å². The first kappa shape index (κ1) is 14.7. The van der Waals surface area contributed by atoms with Gasteiger partial charge < -0.3 is 4.74 Å². The molecule has 0 N–H and O–H groups in total. The predicted octanol–water partition coefficient (Wildman–Crippen LogP) is 1.70. The molecule has 0 aromatic carbocycles. The van der Waals surface area contributed by atoms with E-state index in [0.717, 1.165) is 6.42 Å². The number of terminal acetylenes is 1. The fraction of sp³-hybridized carbons (Fsp3) is 0.615. The number of ether oxygens (including phenoxy) is 1. The number of nitrogens with zero attached hydrogens (tertiary/aromatic N) is 1. The zero-order valence-corrected chi connectivity index (χ0v) is 10.4. The minimum atomic E-state index is -0.279. The molecule has 0 radical (unpaired) electrons. The molecular formula is C13H21NO2. The molecule has 16 heavy (non-hydrogen) atoms. The topological polar surface area (TPSA) is 29.5 Å². The molecule has 0 bridgehead atoms. The normalized spacial score (nSPS) is 12.2. The molecule has 0 heterocycles. The first-order chi connectivity index (χ1) is 7.56. The summed E-state index contributed by atoms with van der Waals surface area (Å²) < 4.78 is 4.80. The molecule has 0 aromatic rings. The van der Waals surface area contributed by atoms with Gasteiger partial charge in [-0.15, -0.1) is 13.0 Å². The minimum Gasteiger partial charge on any atom is -0.468 e. The van der Waals surface area contributed by atoms with Gasteiger partial charge in [-0.1, -0.05) is 25.8 Å². The maximum Gasteiger partial charge on any atom is 0.323 e. The Hall–Kier alpha value is -1.27. The van der Waals surface area contributed by atoms with Gasteiger partial charge in [0, 0.05) is 6.54 Å². The van der Waals surface area contributed by atoms with E-state index in [2.05, 4.69) is 26.3 Å². The van der Waals surface area contributed by atoms with Gasteiger partial charge in [0.25, 0.3) is 0 Å². The SMILES string of the molecule is C#CCN(CC=C)[C@@H](CC(C)C)C(=O)OC. The van der Waals surface area contributed by atoms with Gasteiger partial charge in [-0.2, -0.15) is 0 Å². The van der Waals surface area contributed by atoms with Gasteiger partial charge in [0.15, 0.2) is 0 Å². The van der Waals surface area contributed by atoms with E-state index in [9.17, 15) is 4.79 Å². The van der Waals surface area contributed by atoms with Gasteiger partial charge in [-0.25, -0.2) is 0 Å². The Morgan fingerprint density at radius 2 is 2.25 bits per heavy atom. The van der Waals surface area contributed by atoms with Crippen LogP contribution in [0.15, 0.2) is 12.7 Å². The second kappa shape index (κ2) is 7.95. The summed E-state index contributed by atoms with van der Waals surface area (Å²) in [6.45, 7) is 8.82. The van der Waals surface area contributed by atoms with Crippen molar-refractivity contribution in [3.05, 3.63) is 12.7 Å². The lowest BCUT2D eigenvalue weighted by atomic mass is 10.0. The van der Waals surface area contributed by atoms with E-state index < -0.39 is 0 Å². The molecule has 3 heteroatoms. The molecule has 0 unspecified atom stereocenters. The minimum absolute atomic E-state index is 0.231. The number of carbonyl (C=O) groups is 1. The van der Waals surface area contributed by atoms with Gasteiger partial charge in [0.1, 0.15) is 6.04 Å². The van der Waals surface area contributed by atoms with E-state index in [1.54, 1.807) is 6.08 Å². The molecule has 90 valence electrons. The van der Waals surface area contributed by atoms with E-state index in [1.807, 2.05) is 4.90 Å². The highest BCUT2D eigenvalue weighted by Gasteiger charge is 2.26. The van der Waals surface area contributed by atoms with Crippen LogP contribution in [-0.4, -0.2) is 37.1 Å². The molecule has 0 amide bonds. The Morgan fingerprint density at radius 1 is 1.62 bits per heavy atom. The van der Waals surface area contributed by atoms with Crippen molar-refractivity contribution in [2.24, 2.45) is 5.92 Å². The molecule has 0 rings (SSSR count). The Labute approximate surface area is 98.5 Å². The van der Waals surface area contributed by atoms with Crippen molar-refractivity contribution in [3.8, 4) is 12.3 Å². The Balaban J connectivity index is 4.73. The van der Waals surface area contributed by atoms with Crippen LogP contribution in [-0.2, 0) is 9.53 Å². The smallest absolute Gasteiger partial charge is 0.323 e. The average molecular weight is 223 g/mol. The van der Waals surface area contributed by atoms with E-state index in [0.29, 0.717) is 19.0 Å². The molecule has 0 spiro atoms. The predicted molar refractivity (Wildman–Crippen MR) is 65.9 cm³/mol. The molecule has 0 saturated heterocycles. The summed E-state index contributed by atoms with van der Waals surface area (Å²) in [6, 6.07) is -0.279. The summed E-state index contributed by atoms with van der Waals surface area (Å²) in [7, 11) is 1.40. The van der Waals surface area contributed by atoms with Crippen LogP contribution in [0.3, 0.4) is 0 Å². The lowest BCUT2D eigenvalue weighted by Crippen LogP contribution is -2.43. The highest BCUT2D eigenvalue weighted by atomic mass is 16.5. The monoisotopic (exact) mass is 223 g/mol. The Kier molecular flexibility index (Phi) is 7.32. The van der Waals surface area contributed by atoms with Crippen LogP contribution in [0, 0.1) is 18.3 Å². The Bertz CT molecular complexity index is 266. The van der Waals surface area contributed by atoms with Crippen LogP contribution in [0.5, 0.6) is 0 Å². The van der Waals surface area contributed by atoms with Crippen molar-refractivity contribution in [2.75, 3.05) is 20.2 Å². The summed E-state index contributed by atoms with van der Waals surface area (Å²) in [5.74, 6) is 2.74. The van der Waals surface area contributed by atoms with Gasteiger partial charge >= 0.3 is 5.97 Å². The van der Waals surface area contributed by atoms with Crippen molar-refractivity contribution in [2.45, 2.75) is 26.3 Å². The summed E-state index contributed by atoms with van der Waals surface area (Å²) >= 11 is 0. The van der Waals surface area contributed by atoms with Crippen molar-refractivity contribution in [1.82, 2.24) is 4.90 Å². The third-order valence-electron chi connectivity index (χ3n) is 2.27. The summed E-state index contributed by atoms with van der Waals surface area (Å²) in [4.78, 5) is 13.6. The second-order valence-electron chi connectivity index (χ2n) is 4.09. The molecule has 3 nitrogen and oxygen atoms in total. The maximum absolute atomic E-state index is 11.7. The zero-order chi connectivity index (χ0) is 12.6. The zero-order valence-electron chi connectivity index (χ0n) is 10.4. The molecule has 0 fully saturated rings. The summed E-state index contributed by atoms with van der Waals surface area (Å²) in [5.41, 5.74) is 0. The molecular weight excluding hydrogens is 202 g/mol. The second-order valence-corrected chi connectivity index (χ2v) is 4.09. The molecule has 0 aliphatic carbocycles. The van der Waals surface area contributed by atoms with Crippen LogP contribution in [0.2, 0.25) is 0 Å². The van der Waals surface area contributed by atoms with Crippen LogP contribution in [0.1, 0.15) is 20.3 Å². The number of esters is 1. The van der Waals surface area contributed by atoms with Gasteiger partial charge in [-0.3, -0.25) is 9.69 Å². The molecule has 0 saturated carbocycles. The summed E-state index contributed by atoms with van der Waals surface area (Å²) in [5, 5.41) is 0. The van der Waals surface area contributed by atoms with Crippen LogP contribution in [0.25, 0.3) is 0 Å². The molecule has 0 aliphatic heterocycles. The van der Waals surface area contributed by atoms with E-state index in [-0.39, 0.29) is 12.0 Å². The standard InChI is InChI=1S/C13H21NO2/c1-6-8-14(9-7-2)12(10-11(3)4)13(15)16-5/h1,7,11-12H,2,8-10H2,3-5H3/t12-/m0/s1. The largest absolute Gasteiger partial charge is 0.468 e. The summed E-state index contributed by atoms with van der Waals surface area (Å²) in [6.07, 6.45) is 7.77. The van der Waals surface area contributed by atoms with Crippen LogP contribution >= 0.6 is 0 Å². The highest BCUT2D eigenvalue weighted by Crippen LogP contribution is 2.13. The fourth-order valence-corrected chi connectivity index (χ4v) is 1.56. The van der Waals surface area contributed by atoms with E-state index in [4.69, 9.17) is 11.2 Å². The average Bonchev–Trinajstić information content (AvgIpc) is 2.24. The number of methoxy groups -OCH3 is 1. The lowest BCUT2D eigenvalue weighted by molar-refractivity contribution is -0.147. The first-order valence-corrected chi connectivity index (χ1v) is 5.43. The van der Waals surface area contributed by atoms with Gasteiger partial charge in [0.2, 0.25) is 0 Å². The third kappa shape index (κ3) is 4.99. The van der Waals surface area contributed by atoms with Crippen molar-refractivity contribution in [1.29, 1.82) is 0 Å². The Morgan fingerprint density at radius 3 is 2.62 bits per heavy atom. The van der Waals surface area contributed by atoms with Crippen molar-refractivity contribution >= 4 is 5.97 Å². The quantitative estimate of drug-likeness (QED) is 0.374. The number of hydrogen-bond donors (Lipinski definition) is 0. The molecule has 0 aliphatic rings. The fourth-order valence-electron chi connectivity index (χ4n) is 1.56. The van der Waals surface area contributed by atoms with Crippen LogP contribution in [0.4, 0.5) is 0 Å². The third-order valence-corrected chi connectivity index (χ3v) is 2.27. The molecule has 1 atom stereocenters. The van der Waals surface area contributed by atoms with Gasteiger partial charge in [0.05, 0.1) is 13.7 Å². The number of carbonyl (C=O) groups excluding carboxylic acids is 1. The van der Waals surface area contributed by atoms with Crippen molar-refractivity contribution < 1.29 is 9.53 Å². The lowest BCUT2D eigenvalue weighted by Gasteiger charge is -2.28.